The number of thioether (sulfide) groups is 1. The molecule has 0 unspecified atom stereocenters. The third-order valence-electron chi connectivity index (χ3n) is 4.68. The number of anilines is 1. The molecule has 1 amide bonds. The van der Waals surface area contributed by atoms with Crippen molar-refractivity contribution in [1.29, 1.82) is 0 Å². The molecule has 0 fully saturated rings. The van der Waals surface area contributed by atoms with Gasteiger partial charge in [0.25, 0.3) is 0 Å². The number of nitrogens with zero attached hydrogens (tertiary/aromatic N) is 5. The summed E-state index contributed by atoms with van der Waals surface area (Å²) in [4.78, 5) is 13.8. The summed E-state index contributed by atoms with van der Waals surface area (Å²) in [5.74, 6) is 1.08. The predicted molar refractivity (Wildman–Crippen MR) is 114 cm³/mol. The second-order valence-corrected chi connectivity index (χ2v) is 9.47. The molecule has 3 heterocycles. The lowest BCUT2D eigenvalue weighted by atomic mass is 9.96. The standard InChI is InChI=1S/C18H22N6OS3/c1-3-15-20-22-17(28-15)19-14(25)10-27-18-23-21-16(24(18)4-2)12-9-26-13-8-6-5-7-11(12)13/h9H,3-8,10H2,1-2H3,(H,19,22,25). The molecule has 3 aromatic rings. The number of carbonyl (C=O) groups excluding carboxylic acids is 1. The lowest BCUT2D eigenvalue weighted by Crippen LogP contribution is -2.14. The zero-order valence-corrected chi connectivity index (χ0v) is 18.3. The van der Waals surface area contributed by atoms with Crippen LogP contribution in [-0.4, -0.2) is 36.6 Å². The number of thiophene rings is 1. The van der Waals surface area contributed by atoms with Gasteiger partial charge in [0, 0.05) is 22.4 Å². The molecule has 7 nitrogen and oxygen atoms in total. The van der Waals surface area contributed by atoms with Crippen LogP contribution in [0.3, 0.4) is 0 Å². The zero-order valence-electron chi connectivity index (χ0n) is 15.9. The summed E-state index contributed by atoms with van der Waals surface area (Å²) in [5, 5.41) is 24.1. The Kier molecular flexibility index (Phi) is 6.07. The molecule has 0 saturated heterocycles. The van der Waals surface area contributed by atoms with E-state index < -0.39 is 0 Å². The molecule has 0 atom stereocenters. The van der Waals surface area contributed by atoms with Gasteiger partial charge >= 0.3 is 0 Å². The zero-order chi connectivity index (χ0) is 19.5. The van der Waals surface area contributed by atoms with Gasteiger partial charge in [-0.2, -0.15) is 0 Å². The fraction of sp³-hybridized carbons (Fsp3) is 0.500. The Morgan fingerprint density at radius 1 is 1.21 bits per heavy atom. The van der Waals surface area contributed by atoms with Crippen molar-refractivity contribution in [3.8, 4) is 11.4 Å². The van der Waals surface area contributed by atoms with E-state index in [1.165, 1.54) is 58.4 Å². The maximum atomic E-state index is 12.3. The van der Waals surface area contributed by atoms with Gasteiger partial charge in [0.2, 0.25) is 11.0 Å². The molecule has 148 valence electrons. The summed E-state index contributed by atoms with van der Waals surface area (Å²) in [5.41, 5.74) is 2.65. The molecule has 4 rings (SSSR count). The molecule has 0 aromatic carbocycles. The van der Waals surface area contributed by atoms with Gasteiger partial charge in [0.1, 0.15) is 5.01 Å². The van der Waals surface area contributed by atoms with Crippen LogP contribution in [0.5, 0.6) is 0 Å². The number of amides is 1. The first-order valence-electron chi connectivity index (χ1n) is 9.47. The topological polar surface area (TPSA) is 85.6 Å². The molecular weight excluding hydrogens is 412 g/mol. The minimum absolute atomic E-state index is 0.107. The van der Waals surface area contributed by atoms with Crippen molar-refractivity contribution in [3.63, 3.8) is 0 Å². The van der Waals surface area contributed by atoms with Crippen molar-refractivity contribution in [2.45, 2.75) is 57.7 Å². The van der Waals surface area contributed by atoms with E-state index in [0.717, 1.165) is 35.4 Å². The van der Waals surface area contributed by atoms with Crippen LogP contribution in [0.1, 0.15) is 42.1 Å². The summed E-state index contributed by atoms with van der Waals surface area (Å²) in [6, 6.07) is 0. The van der Waals surface area contributed by atoms with Gasteiger partial charge < -0.3 is 4.57 Å². The Morgan fingerprint density at radius 3 is 2.86 bits per heavy atom. The number of rotatable bonds is 7. The van der Waals surface area contributed by atoms with Crippen molar-refractivity contribution in [1.82, 2.24) is 25.0 Å². The van der Waals surface area contributed by atoms with Gasteiger partial charge in [0.05, 0.1) is 5.75 Å². The average molecular weight is 435 g/mol. The van der Waals surface area contributed by atoms with E-state index in [2.05, 4.69) is 42.6 Å². The minimum Gasteiger partial charge on any atom is -0.302 e. The number of carbonyl (C=O) groups is 1. The van der Waals surface area contributed by atoms with Crippen LogP contribution in [0, 0.1) is 0 Å². The SMILES string of the molecule is CCc1nnc(NC(=O)CSc2nnc(-c3csc4c3CCCC4)n2CC)s1. The molecule has 1 N–H and O–H groups in total. The Hall–Kier alpha value is -1.78. The maximum absolute atomic E-state index is 12.3. The lowest BCUT2D eigenvalue weighted by molar-refractivity contribution is -0.113. The third kappa shape index (κ3) is 3.99. The molecule has 0 radical (unpaired) electrons. The first-order valence-corrected chi connectivity index (χ1v) is 12.2. The lowest BCUT2D eigenvalue weighted by Gasteiger charge is -2.13. The summed E-state index contributed by atoms with van der Waals surface area (Å²) < 4.78 is 2.11. The number of hydrogen-bond acceptors (Lipinski definition) is 8. The van der Waals surface area contributed by atoms with Gasteiger partial charge in [-0.1, -0.05) is 30.0 Å². The number of aromatic nitrogens is 5. The summed E-state index contributed by atoms with van der Waals surface area (Å²) in [6.07, 6.45) is 5.63. The highest BCUT2D eigenvalue weighted by atomic mass is 32.2. The maximum Gasteiger partial charge on any atom is 0.236 e. The molecule has 3 aromatic heterocycles. The Balaban J connectivity index is 1.46. The summed E-state index contributed by atoms with van der Waals surface area (Å²) in [7, 11) is 0. The first kappa shape index (κ1) is 19.5. The smallest absolute Gasteiger partial charge is 0.236 e. The molecular formula is C18H22N6OS3. The van der Waals surface area contributed by atoms with Crippen LogP contribution >= 0.6 is 34.4 Å². The van der Waals surface area contributed by atoms with Gasteiger partial charge in [0.15, 0.2) is 11.0 Å². The molecule has 28 heavy (non-hydrogen) atoms. The van der Waals surface area contributed by atoms with E-state index in [1.54, 1.807) is 0 Å². The van der Waals surface area contributed by atoms with Crippen molar-refractivity contribution in [2.75, 3.05) is 11.1 Å². The Morgan fingerprint density at radius 2 is 2.07 bits per heavy atom. The highest BCUT2D eigenvalue weighted by molar-refractivity contribution is 7.99. The van der Waals surface area contributed by atoms with Gasteiger partial charge in [-0.25, -0.2) is 0 Å². The number of nitrogens with one attached hydrogen (secondary N) is 1. The van der Waals surface area contributed by atoms with Crippen molar-refractivity contribution >= 4 is 45.5 Å². The summed E-state index contributed by atoms with van der Waals surface area (Å²) >= 11 is 4.65. The van der Waals surface area contributed by atoms with Crippen LogP contribution < -0.4 is 5.32 Å². The van der Waals surface area contributed by atoms with Gasteiger partial charge in [-0.15, -0.1) is 31.7 Å². The van der Waals surface area contributed by atoms with Gasteiger partial charge in [-0.3, -0.25) is 10.1 Å². The van der Waals surface area contributed by atoms with Crippen molar-refractivity contribution in [2.24, 2.45) is 0 Å². The second-order valence-electron chi connectivity index (χ2n) is 6.50. The Bertz CT molecular complexity index is 976. The minimum atomic E-state index is -0.107. The normalized spacial score (nSPS) is 13.5. The van der Waals surface area contributed by atoms with Crippen molar-refractivity contribution < 1.29 is 4.79 Å². The quantitative estimate of drug-likeness (QED) is 0.565. The van der Waals surface area contributed by atoms with Crippen LogP contribution in [0.2, 0.25) is 0 Å². The van der Waals surface area contributed by atoms with Crippen LogP contribution in [-0.2, 0) is 30.6 Å². The van der Waals surface area contributed by atoms with E-state index in [4.69, 9.17) is 0 Å². The highest BCUT2D eigenvalue weighted by Gasteiger charge is 2.22. The molecule has 0 spiro atoms. The van der Waals surface area contributed by atoms with Crippen LogP contribution in [0.4, 0.5) is 5.13 Å². The molecule has 1 aliphatic carbocycles. The summed E-state index contributed by atoms with van der Waals surface area (Å²) in [6.45, 7) is 4.87. The number of hydrogen-bond donors (Lipinski definition) is 1. The monoisotopic (exact) mass is 434 g/mol. The second kappa shape index (κ2) is 8.71. The average Bonchev–Trinajstić information content (AvgIpc) is 3.43. The third-order valence-corrected chi connectivity index (χ3v) is 7.72. The van der Waals surface area contributed by atoms with E-state index in [9.17, 15) is 4.79 Å². The number of fused-ring (bicyclic) bond motifs is 1. The van der Waals surface area contributed by atoms with Crippen molar-refractivity contribution in [3.05, 3.63) is 20.8 Å². The van der Waals surface area contributed by atoms with E-state index >= 15 is 0 Å². The molecule has 10 heteroatoms. The van der Waals surface area contributed by atoms with E-state index in [0.29, 0.717) is 5.13 Å². The fourth-order valence-corrected chi connectivity index (χ4v) is 5.92. The number of aryl methyl sites for hydroxylation is 2. The van der Waals surface area contributed by atoms with E-state index in [-0.39, 0.29) is 11.7 Å². The molecule has 1 aliphatic rings. The molecule has 0 saturated carbocycles. The fourth-order valence-electron chi connectivity index (χ4n) is 3.29. The van der Waals surface area contributed by atoms with Gasteiger partial charge in [-0.05, 0) is 44.6 Å². The predicted octanol–water partition coefficient (Wildman–Crippen LogP) is 4.05. The van der Waals surface area contributed by atoms with E-state index in [1.807, 2.05) is 18.3 Å². The molecule has 0 aliphatic heterocycles. The Labute approximate surface area is 176 Å². The van der Waals surface area contributed by atoms with Crippen LogP contribution in [0.15, 0.2) is 10.5 Å². The molecule has 0 bridgehead atoms. The first-order chi connectivity index (χ1) is 13.7. The largest absolute Gasteiger partial charge is 0.302 e. The highest BCUT2D eigenvalue weighted by Crippen LogP contribution is 2.36. The van der Waals surface area contributed by atoms with Crippen LogP contribution in [0.25, 0.3) is 11.4 Å².